The molecule has 0 saturated carbocycles. The molecule has 0 saturated heterocycles. The summed E-state index contributed by atoms with van der Waals surface area (Å²) in [6, 6.07) is 1.96. The molecule has 1 atom stereocenters. The molecule has 1 aromatic rings. The molecule has 3 nitrogen and oxygen atoms in total. The van der Waals surface area contributed by atoms with E-state index in [4.69, 9.17) is 10.5 Å². The molecule has 0 fully saturated rings. The molecule has 0 heterocycles. The minimum atomic E-state index is 0.237. The first-order valence-electron chi connectivity index (χ1n) is 5.28. The average molecular weight is 288 g/mol. The van der Waals surface area contributed by atoms with E-state index in [1.165, 1.54) is 0 Å². The van der Waals surface area contributed by atoms with Crippen molar-refractivity contribution in [3.63, 3.8) is 0 Å². The molecule has 1 unspecified atom stereocenters. The molecule has 0 radical (unpaired) electrons. The zero-order chi connectivity index (χ0) is 12.3. The van der Waals surface area contributed by atoms with Gasteiger partial charge >= 0.3 is 0 Å². The Morgan fingerprint density at radius 1 is 1.56 bits per heavy atom. The lowest BCUT2D eigenvalue weighted by molar-refractivity contribution is 0.394. The van der Waals surface area contributed by atoms with Gasteiger partial charge in [0.25, 0.3) is 0 Å². The zero-order valence-corrected chi connectivity index (χ0v) is 11.5. The van der Waals surface area contributed by atoms with Crippen LogP contribution >= 0.6 is 15.9 Å². The number of rotatable bonds is 4. The highest BCUT2D eigenvalue weighted by atomic mass is 79.9. The van der Waals surface area contributed by atoms with Gasteiger partial charge in [-0.3, -0.25) is 0 Å². The molecular weight excluding hydrogens is 270 g/mol. The highest BCUT2D eigenvalue weighted by Gasteiger charge is 2.18. The van der Waals surface area contributed by atoms with E-state index in [-0.39, 0.29) is 5.75 Å². The van der Waals surface area contributed by atoms with Crippen molar-refractivity contribution in [3.8, 4) is 11.5 Å². The number of phenols is 1. The summed E-state index contributed by atoms with van der Waals surface area (Å²) in [7, 11) is 1.60. The second-order valence-corrected chi connectivity index (χ2v) is 4.75. The van der Waals surface area contributed by atoms with Crippen molar-refractivity contribution in [2.45, 2.75) is 26.2 Å². The van der Waals surface area contributed by atoms with Crippen LogP contribution in [0.2, 0.25) is 0 Å². The van der Waals surface area contributed by atoms with Crippen LogP contribution in [0.3, 0.4) is 0 Å². The molecule has 0 aromatic heterocycles. The average Bonchev–Trinajstić information content (AvgIpc) is 2.26. The van der Waals surface area contributed by atoms with Crippen molar-refractivity contribution in [1.29, 1.82) is 0 Å². The van der Waals surface area contributed by atoms with Crippen LogP contribution in [0, 0.1) is 6.92 Å². The molecule has 3 N–H and O–H groups in total. The van der Waals surface area contributed by atoms with Gasteiger partial charge in [0.15, 0.2) is 0 Å². The Morgan fingerprint density at radius 3 is 2.69 bits per heavy atom. The van der Waals surface area contributed by atoms with Crippen molar-refractivity contribution in [2.24, 2.45) is 5.73 Å². The summed E-state index contributed by atoms with van der Waals surface area (Å²) in [6.45, 7) is 4.62. The van der Waals surface area contributed by atoms with E-state index in [1.54, 1.807) is 7.11 Å². The lowest BCUT2D eigenvalue weighted by Crippen LogP contribution is -2.06. The van der Waals surface area contributed by atoms with Crippen molar-refractivity contribution < 1.29 is 9.84 Å². The molecule has 4 heteroatoms. The summed E-state index contributed by atoms with van der Waals surface area (Å²) in [5.74, 6) is 1.25. The summed E-state index contributed by atoms with van der Waals surface area (Å²) in [5, 5.41) is 9.80. The lowest BCUT2D eigenvalue weighted by Gasteiger charge is -2.18. The van der Waals surface area contributed by atoms with Crippen molar-refractivity contribution >= 4 is 15.9 Å². The SMILES string of the molecule is COc1c(C(C)CCN)cc(C)c(O)c1Br. The van der Waals surface area contributed by atoms with Gasteiger partial charge < -0.3 is 15.6 Å². The van der Waals surface area contributed by atoms with E-state index < -0.39 is 0 Å². The van der Waals surface area contributed by atoms with Crippen LogP contribution in [-0.4, -0.2) is 18.8 Å². The van der Waals surface area contributed by atoms with Gasteiger partial charge in [0, 0.05) is 0 Å². The number of benzene rings is 1. The van der Waals surface area contributed by atoms with Crippen molar-refractivity contribution in [2.75, 3.05) is 13.7 Å². The topological polar surface area (TPSA) is 55.5 Å². The lowest BCUT2D eigenvalue weighted by atomic mass is 9.95. The number of phenolic OH excluding ortho intramolecular Hbond substituents is 1. The van der Waals surface area contributed by atoms with E-state index in [0.717, 1.165) is 17.5 Å². The van der Waals surface area contributed by atoms with Gasteiger partial charge in [-0.15, -0.1) is 0 Å². The van der Waals surface area contributed by atoms with Crippen LogP contribution in [0.25, 0.3) is 0 Å². The number of nitrogens with two attached hydrogens (primary N) is 1. The first-order chi connectivity index (χ1) is 7.52. The molecule has 1 rings (SSSR count). The van der Waals surface area contributed by atoms with Crippen molar-refractivity contribution in [1.82, 2.24) is 0 Å². The maximum atomic E-state index is 9.80. The van der Waals surface area contributed by atoms with Gasteiger partial charge in [-0.2, -0.15) is 0 Å². The van der Waals surface area contributed by atoms with E-state index in [9.17, 15) is 5.11 Å². The Labute approximate surface area is 105 Å². The predicted molar refractivity (Wildman–Crippen MR) is 69.2 cm³/mol. The number of ether oxygens (including phenoxy) is 1. The first-order valence-corrected chi connectivity index (χ1v) is 6.08. The van der Waals surface area contributed by atoms with Crippen LogP contribution in [0.15, 0.2) is 10.5 Å². The maximum absolute atomic E-state index is 9.80. The molecule has 1 aromatic carbocycles. The largest absolute Gasteiger partial charge is 0.506 e. The number of methoxy groups -OCH3 is 1. The first kappa shape index (κ1) is 13.3. The number of halogens is 1. The molecule has 0 amide bonds. The molecule has 0 aliphatic carbocycles. The van der Waals surface area contributed by atoms with Crippen LogP contribution in [-0.2, 0) is 0 Å². The molecule has 0 bridgehead atoms. The Morgan fingerprint density at radius 2 is 2.19 bits per heavy atom. The van der Waals surface area contributed by atoms with Gasteiger partial charge in [0.05, 0.1) is 7.11 Å². The van der Waals surface area contributed by atoms with E-state index in [1.807, 2.05) is 13.0 Å². The number of hydrogen-bond acceptors (Lipinski definition) is 3. The fourth-order valence-electron chi connectivity index (χ4n) is 1.75. The minimum absolute atomic E-state index is 0.237. The number of aryl methyl sites for hydroxylation is 1. The van der Waals surface area contributed by atoms with Crippen LogP contribution in [0.1, 0.15) is 30.4 Å². The monoisotopic (exact) mass is 287 g/mol. The molecule has 0 aliphatic heterocycles. The Balaban J connectivity index is 3.27. The third kappa shape index (κ3) is 2.50. The van der Waals surface area contributed by atoms with E-state index in [2.05, 4.69) is 22.9 Å². The summed E-state index contributed by atoms with van der Waals surface area (Å²) in [5.41, 5.74) is 7.48. The highest BCUT2D eigenvalue weighted by Crippen LogP contribution is 2.42. The van der Waals surface area contributed by atoms with Crippen LogP contribution in [0.4, 0.5) is 0 Å². The van der Waals surface area contributed by atoms with Gasteiger partial charge in [0.1, 0.15) is 16.0 Å². The number of aromatic hydroxyl groups is 1. The summed E-state index contributed by atoms with van der Waals surface area (Å²) < 4.78 is 5.95. The predicted octanol–water partition coefficient (Wildman–Crippen LogP) is 2.92. The summed E-state index contributed by atoms with van der Waals surface area (Å²) in [6.07, 6.45) is 0.896. The van der Waals surface area contributed by atoms with E-state index >= 15 is 0 Å². The van der Waals surface area contributed by atoms with Crippen LogP contribution in [0.5, 0.6) is 11.5 Å². The third-order valence-corrected chi connectivity index (χ3v) is 3.49. The van der Waals surface area contributed by atoms with Gasteiger partial charge in [-0.05, 0) is 58.9 Å². The fourth-order valence-corrected chi connectivity index (χ4v) is 2.46. The molecule has 0 aliphatic rings. The molecule has 0 spiro atoms. The Bertz CT molecular complexity index is 380. The Kier molecular flexibility index (Phi) is 4.62. The minimum Gasteiger partial charge on any atom is -0.506 e. The molecule has 90 valence electrons. The summed E-state index contributed by atoms with van der Waals surface area (Å²) >= 11 is 3.36. The fraction of sp³-hybridized carbons (Fsp3) is 0.500. The zero-order valence-electron chi connectivity index (χ0n) is 9.88. The standard InChI is InChI=1S/C12H18BrNO2/c1-7(4-5-14)9-6-8(2)11(15)10(13)12(9)16-3/h6-7,15H,4-5,14H2,1-3H3. The normalized spacial score (nSPS) is 12.6. The maximum Gasteiger partial charge on any atom is 0.140 e. The van der Waals surface area contributed by atoms with Crippen molar-refractivity contribution in [3.05, 3.63) is 21.7 Å². The van der Waals surface area contributed by atoms with Gasteiger partial charge in [-0.1, -0.05) is 6.92 Å². The van der Waals surface area contributed by atoms with Gasteiger partial charge in [-0.25, -0.2) is 0 Å². The molecular formula is C12H18BrNO2. The Hall–Kier alpha value is -0.740. The van der Waals surface area contributed by atoms with Crippen LogP contribution < -0.4 is 10.5 Å². The van der Waals surface area contributed by atoms with Gasteiger partial charge in [0.2, 0.25) is 0 Å². The third-order valence-electron chi connectivity index (χ3n) is 2.75. The summed E-state index contributed by atoms with van der Waals surface area (Å²) in [4.78, 5) is 0. The number of hydrogen-bond donors (Lipinski definition) is 2. The second-order valence-electron chi connectivity index (χ2n) is 3.96. The quantitative estimate of drug-likeness (QED) is 0.895. The molecule has 16 heavy (non-hydrogen) atoms. The highest BCUT2D eigenvalue weighted by molar-refractivity contribution is 9.10. The van der Waals surface area contributed by atoms with E-state index in [0.29, 0.717) is 22.7 Å². The second kappa shape index (κ2) is 5.55. The smallest absolute Gasteiger partial charge is 0.140 e.